The van der Waals surface area contributed by atoms with E-state index in [2.05, 4.69) is 4.98 Å². The Balaban J connectivity index is 2.73. The van der Waals surface area contributed by atoms with Crippen molar-refractivity contribution in [3.05, 3.63) is 49.6 Å². The lowest BCUT2D eigenvalue weighted by Gasteiger charge is -2.11. The molecule has 0 aliphatic heterocycles. The van der Waals surface area contributed by atoms with Crippen molar-refractivity contribution in [2.24, 2.45) is 0 Å². The Labute approximate surface area is 112 Å². The first kappa shape index (κ1) is 13.2. The Morgan fingerprint density at radius 3 is 2.63 bits per heavy atom. The fourth-order valence-electron chi connectivity index (χ4n) is 1.65. The molecule has 0 aliphatic carbocycles. The third-order valence-corrected chi connectivity index (χ3v) is 3.00. The van der Waals surface area contributed by atoms with Crippen LogP contribution in [-0.2, 0) is 0 Å². The summed E-state index contributed by atoms with van der Waals surface area (Å²) in [4.78, 5) is 25.2. The number of aromatic hydroxyl groups is 1. The molecule has 0 spiro atoms. The predicted molar refractivity (Wildman–Crippen MR) is 70.6 cm³/mol. The Hall–Kier alpha value is -2.21. The number of aromatic nitrogens is 2. The van der Waals surface area contributed by atoms with Crippen molar-refractivity contribution < 1.29 is 9.84 Å². The minimum atomic E-state index is -0.741. The van der Waals surface area contributed by atoms with E-state index in [1.807, 2.05) is 0 Å². The van der Waals surface area contributed by atoms with Crippen LogP contribution in [0.5, 0.6) is 11.6 Å². The van der Waals surface area contributed by atoms with Gasteiger partial charge in [-0.25, -0.2) is 9.36 Å². The molecule has 0 amide bonds. The van der Waals surface area contributed by atoms with Gasteiger partial charge < -0.3 is 9.84 Å². The SMILES string of the molecule is COc1ccc(-n2c(O)c(C)c(=O)[nH]c2=O)cc1Cl. The van der Waals surface area contributed by atoms with Crippen molar-refractivity contribution in [1.82, 2.24) is 9.55 Å². The number of ether oxygens (including phenoxy) is 1. The summed E-state index contributed by atoms with van der Waals surface area (Å²) < 4.78 is 5.96. The first-order valence-corrected chi connectivity index (χ1v) is 5.72. The molecule has 19 heavy (non-hydrogen) atoms. The Bertz CT molecular complexity index is 748. The number of nitrogens with zero attached hydrogens (tertiary/aromatic N) is 1. The molecule has 0 radical (unpaired) electrons. The fraction of sp³-hybridized carbons (Fsp3) is 0.167. The fourth-order valence-corrected chi connectivity index (χ4v) is 1.90. The molecular weight excluding hydrogens is 272 g/mol. The Kier molecular flexibility index (Phi) is 3.35. The van der Waals surface area contributed by atoms with Crippen LogP contribution in [0, 0.1) is 6.92 Å². The summed E-state index contributed by atoms with van der Waals surface area (Å²) in [6.07, 6.45) is 0. The molecule has 7 heteroatoms. The van der Waals surface area contributed by atoms with Crippen molar-refractivity contribution >= 4 is 11.6 Å². The van der Waals surface area contributed by atoms with Crippen molar-refractivity contribution in [3.8, 4) is 17.3 Å². The molecule has 6 nitrogen and oxygen atoms in total. The van der Waals surface area contributed by atoms with Gasteiger partial charge in [-0.15, -0.1) is 0 Å². The second-order valence-corrected chi connectivity index (χ2v) is 4.27. The van der Waals surface area contributed by atoms with Crippen LogP contribution in [-0.4, -0.2) is 21.8 Å². The zero-order valence-corrected chi connectivity index (χ0v) is 11.0. The van der Waals surface area contributed by atoms with Crippen LogP contribution >= 0.6 is 11.6 Å². The molecule has 2 rings (SSSR count). The van der Waals surface area contributed by atoms with Gasteiger partial charge in [-0.3, -0.25) is 9.78 Å². The zero-order chi connectivity index (χ0) is 14.2. The van der Waals surface area contributed by atoms with Crippen molar-refractivity contribution in [3.63, 3.8) is 0 Å². The van der Waals surface area contributed by atoms with Crippen LogP contribution in [0.3, 0.4) is 0 Å². The molecule has 2 aromatic rings. The van der Waals surface area contributed by atoms with E-state index in [1.54, 1.807) is 12.1 Å². The number of aromatic amines is 1. The van der Waals surface area contributed by atoms with Crippen molar-refractivity contribution in [2.75, 3.05) is 7.11 Å². The monoisotopic (exact) mass is 282 g/mol. The number of hydrogen-bond acceptors (Lipinski definition) is 4. The van der Waals surface area contributed by atoms with Gasteiger partial charge in [0.15, 0.2) is 0 Å². The predicted octanol–water partition coefficient (Wildman–Crippen LogP) is 1.20. The summed E-state index contributed by atoms with van der Waals surface area (Å²) in [7, 11) is 1.47. The lowest BCUT2D eigenvalue weighted by molar-refractivity contribution is 0.414. The number of hydrogen-bond donors (Lipinski definition) is 2. The maximum absolute atomic E-state index is 11.8. The van der Waals surface area contributed by atoms with Gasteiger partial charge in [0.05, 0.1) is 23.4 Å². The second-order valence-electron chi connectivity index (χ2n) is 3.86. The van der Waals surface area contributed by atoms with Crippen LogP contribution in [0.15, 0.2) is 27.8 Å². The molecule has 100 valence electrons. The molecule has 1 heterocycles. The van der Waals surface area contributed by atoms with Gasteiger partial charge in [0, 0.05) is 0 Å². The minimum absolute atomic E-state index is 0.0477. The normalized spacial score (nSPS) is 10.5. The van der Waals surface area contributed by atoms with Crippen LogP contribution in [0.25, 0.3) is 5.69 Å². The van der Waals surface area contributed by atoms with Crippen molar-refractivity contribution in [1.29, 1.82) is 0 Å². The molecule has 0 saturated carbocycles. The molecule has 0 bridgehead atoms. The van der Waals surface area contributed by atoms with Crippen LogP contribution in [0.1, 0.15) is 5.56 Å². The van der Waals surface area contributed by atoms with Crippen LogP contribution in [0.2, 0.25) is 5.02 Å². The molecule has 1 aromatic carbocycles. The number of benzene rings is 1. The van der Waals surface area contributed by atoms with Crippen LogP contribution in [0.4, 0.5) is 0 Å². The summed E-state index contributed by atoms with van der Waals surface area (Å²) in [6, 6.07) is 4.56. The van der Waals surface area contributed by atoms with Gasteiger partial charge in [0.25, 0.3) is 5.56 Å². The van der Waals surface area contributed by atoms with Gasteiger partial charge in [0.1, 0.15) is 5.75 Å². The van der Waals surface area contributed by atoms with E-state index in [1.165, 1.54) is 20.1 Å². The lowest BCUT2D eigenvalue weighted by atomic mass is 10.2. The highest BCUT2D eigenvalue weighted by atomic mass is 35.5. The van der Waals surface area contributed by atoms with Crippen LogP contribution < -0.4 is 16.0 Å². The second kappa shape index (κ2) is 4.81. The third kappa shape index (κ3) is 2.22. The number of nitrogens with one attached hydrogen (secondary N) is 1. The average molecular weight is 283 g/mol. The summed E-state index contributed by atoms with van der Waals surface area (Å²) >= 11 is 5.96. The Morgan fingerprint density at radius 2 is 2.05 bits per heavy atom. The Morgan fingerprint density at radius 1 is 1.37 bits per heavy atom. The molecule has 1 aromatic heterocycles. The molecule has 2 N–H and O–H groups in total. The first-order chi connectivity index (χ1) is 8.95. The third-order valence-electron chi connectivity index (χ3n) is 2.70. The molecule has 0 aliphatic rings. The summed E-state index contributed by atoms with van der Waals surface area (Å²) in [5.41, 5.74) is -0.994. The number of H-pyrrole nitrogens is 1. The van der Waals surface area contributed by atoms with Gasteiger partial charge in [-0.2, -0.15) is 0 Å². The van der Waals surface area contributed by atoms with E-state index in [9.17, 15) is 14.7 Å². The number of halogens is 1. The van der Waals surface area contributed by atoms with Gasteiger partial charge in [-0.05, 0) is 25.1 Å². The summed E-state index contributed by atoms with van der Waals surface area (Å²) in [5, 5.41) is 10.2. The van der Waals surface area contributed by atoms with Gasteiger partial charge in [0.2, 0.25) is 5.88 Å². The standard InChI is InChI=1S/C12H11ClN2O4/c1-6-10(16)14-12(18)15(11(6)17)7-3-4-9(19-2)8(13)5-7/h3-5,17H,1-2H3,(H,14,16,18). The van der Waals surface area contributed by atoms with E-state index in [0.29, 0.717) is 11.4 Å². The molecular formula is C12H11ClN2O4. The molecule has 0 fully saturated rings. The smallest absolute Gasteiger partial charge is 0.335 e. The van der Waals surface area contributed by atoms with Crippen molar-refractivity contribution in [2.45, 2.75) is 6.92 Å². The maximum atomic E-state index is 11.8. The number of methoxy groups -OCH3 is 1. The average Bonchev–Trinajstić information content (AvgIpc) is 2.36. The topological polar surface area (TPSA) is 84.3 Å². The molecule has 0 unspecified atom stereocenters. The molecule has 0 atom stereocenters. The van der Waals surface area contributed by atoms with Gasteiger partial charge in [-0.1, -0.05) is 11.6 Å². The van der Waals surface area contributed by atoms with Gasteiger partial charge >= 0.3 is 5.69 Å². The quantitative estimate of drug-likeness (QED) is 0.867. The minimum Gasteiger partial charge on any atom is -0.495 e. The van der Waals surface area contributed by atoms with E-state index >= 15 is 0 Å². The summed E-state index contributed by atoms with van der Waals surface area (Å²) in [5.74, 6) is 0.0223. The largest absolute Gasteiger partial charge is 0.495 e. The lowest BCUT2D eigenvalue weighted by Crippen LogP contribution is -2.30. The summed E-state index contributed by atoms with van der Waals surface area (Å²) in [6.45, 7) is 1.41. The highest BCUT2D eigenvalue weighted by Crippen LogP contribution is 2.27. The first-order valence-electron chi connectivity index (χ1n) is 5.34. The van der Waals surface area contributed by atoms with E-state index < -0.39 is 17.1 Å². The van der Waals surface area contributed by atoms with E-state index in [-0.39, 0.29) is 10.6 Å². The highest BCUT2D eigenvalue weighted by molar-refractivity contribution is 6.32. The van der Waals surface area contributed by atoms with E-state index in [4.69, 9.17) is 16.3 Å². The number of rotatable bonds is 2. The highest BCUT2D eigenvalue weighted by Gasteiger charge is 2.13. The van der Waals surface area contributed by atoms with E-state index in [0.717, 1.165) is 4.57 Å². The maximum Gasteiger partial charge on any atom is 0.335 e. The zero-order valence-electron chi connectivity index (χ0n) is 10.2. The molecule has 0 saturated heterocycles.